The molecule has 186 valence electrons. The monoisotopic (exact) mass is 476 g/mol. The van der Waals surface area contributed by atoms with Crippen molar-refractivity contribution in [1.82, 2.24) is 0 Å². The molecule has 1 N–H and O–H groups in total. The molecule has 4 rings (SSSR count). The van der Waals surface area contributed by atoms with Gasteiger partial charge in [0, 0.05) is 24.7 Å². The Morgan fingerprint density at radius 3 is 2.74 bits per heavy atom. The molecule has 0 aromatic heterocycles. The molecule has 0 radical (unpaired) electrons. The first-order valence-corrected chi connectivity index (χ1v) is 11.4. The number of methoxy groups -OCH3 is 1. The zero-order valence-corrected chi connectivity index (χ0v) is 20.1. The first-order valence-electron chi connectivity index (χ1n) is 11.4. The number of esters is 1. The van der Waals surface area contributed by atoms with Crippen molar-refractivity contribution in [3.8, 4) is 17.2 Å². The molecule has 1 saturated heterocycles. The van der Waals surface area contributed by atoms with E-state index < -0.39 is 36.2 Å². The topological polar surface area (TPSA) is 102 Å². The van der Waals surface area contributed by atoms with Crippen LogP contribution in [-0.4, -0.2) is 62.0 Å². The van der Waals surface area contributed by atoms with Crippen LogP contribution < -0.4 is 14.2 Å². The number of rotatable bonds is 3. The molecule has 1 aromatic rings. The molecule has 1 aromatic carbocycles. The Morgan fingerprint density at radius 1 is 1.18 bits per heavy atom. The Labute approximate surface area is 199 Å². The highest BCUT2D eigenvalue weighted by atomic mass is 16.8. The summed E-state index contributed by atoms with van der Waals surface area (Å²) in [5, 5.41) is 10.8. The summed E-state index contributed by atoms with van der Waals surface area (Å²) in [4.78, 5) is 13.4. The largest absolute Gasteiger partial charge is 0.466 e. The number of hydrogen-bond acceptors (Lipinski definition) is 9. The lowest BCUT2D eigenvalue weighted by Gasteiger charge is -2.23. The number of carbonyl (C=O) groups excluding carboxylic acids is 1. The van der Waals surface area contributed by atoms with Crippen LogP contribution in [0.4, 0.5) is 0 Å². The Kier molecular flexibility index (Phi) is 7.18. The highest BCUT2D eigenvalue weighted by Crippen LogP contribution is 2.44. The molecule has 3 aliphatic heterocycles. The van der Waals surface area contributed by atoms with Crippen molar-refractivity contribution in [2.24, 2.45) is 5.92 Å². The second-order valence-electron chi connectivity index (χ2n) is 9.07. The van der Waals surface area contributed by atoms with E-state index in [-0.39, 0.29) is 30.8 Å². The van der Waals surface area contributed by atoms with Crippen molar-refractivity contribution in [2.75, 3.05) is 20.7 Å². The van der Waals surface area contributed by atoms with E-state index in [1.54, 1.807) is 25.1 Å². The highest BCUT2D eigenvalue weighted by molar-refractivity contribution is 5.99. The van der Waals surface area contributed by atoms with Crippen LogP contribution in [0.3, 0.4) is 0 Å². The molecule has 0 saturated carbocycles. The van der Waals surface area contributed by atoms with E-state index in [1.807, 2.05) is 32.9 Å². The highest BCUT2D eigenvalue weighted by Gasteiger charge is 2.43. The number of carbonyl (C=O) groups is 1. The van der Waals surface area contributed by atoms with Crippen molar-refractivity contribution in [2.45, 2.75) is 64.3 Å². The number of hydrogen-bond donors (Lipinski definition) is 1. The molecule has 5 atom stereocenters. The summed E-state index contributed by atoms with van der Waals surface area (Å²) in [6.07, 6.45) is 5.23. The quantitative estimate of drug-likeness (QED) is 0.399. The fourth-order valence-corrected chi connectivity index (χ4v) is 4.19. The molecule has 0 bridgehead atoms. The first kappa shape index (κ1) is 24.5. The zero-order valence-electron chi connectivity index (χ0n) is 20.1. The lowest BCUT2D eigenvalue weighted by molar-refractivity contribution is -0.152. The Morgan fingerprint density at radius 2 is 1.97 bits per heavy atom. The van der Waals surface area contributed by atoms with Crippen LogP contribution >= 0.6 is 0 Å². The summed E-state index contributed by atoms with van der Waals surface area (Å²) < 4.78 is 39.8. The molecule has 9 nitrogen and oxygen atoms in total. The van der Waals surface area contributed by atoms with E-state index in [2.05, 4.69) is 0 Å². The van der Waals surface area contributed by atoms with Gasteiger partial charge in [0.05, 0.1) is 6.10 Å². The molecule has 0 amide bonds. The van der Waals surface area contributed by atoms with Crippen molar-refractivity contribution in [1.29, 1.82) is 0 Å². The Bertz CT molecular complexity index is 968. The minimum atomic E-state index is -0.879. The maximum absolute atomic E-state index is 13.4. The molecule has 0 spiro atoms. The van der Waals surface area contributed by atoms with Gasteiger partial charge < -0.3 is 38.3 Å². The van der Waals surface area contributed by atoms with E-state index in [0.29, 0.717) is 23.5 Å². The van der Waals surface area contributed by atoms with Gasteiger partial charge in [-0.3, -0.25) is 0 Å². The summed E-state index contributed by atoms with van der Waals surface area (Å²) in [5.74, 6) is -0.404. The van der Waals surface area contributed by atoms with Gasteiger partial charge in [-0.25, -0.2) is 4.79 Å². The van der Waals surface area contributed by atoms with E-state index in [4.69, 9.17) is 33.2 Å². The second kappa shape index (κ2) is 9.95. The molecule has 0 aliphatic carbocycles. The average Bonchev–Trinajstić information content (AvgIpc) is 3.38. The summed E-state index contributed by atoms with van der Waals surface area (Å²) >= 11 is 0. The van der Waals surface area contributed by atoms with Gasteiger partial charge in [-0.1, -0.05) is 31.2 Å². The van der Waals surface area contributed by atoms with E-state index in [1.165, 1.54) is 7.11 Å². The summed E-state index contributed by atoms with van der Waals surface area (Å²) in [5.41, 5.74) is 0.701. The standard InChI is InChI=1S/C25H32O9/c1-14-9-10-17(26)23-18(33-25(3,4)34-23)8-6-7-16-21(24(27)32-15(14)2)19(29-12-28-5)11-20-22(16)31-13-30-20/h6-7,9-11,14-15,17-18,23,26H,8,12-13H2,1-5H3/b7-6+,10-9-/t14-,15+,17?,18+,23-/m1/s1. The minimum absolute atomic E-state index is 0.0264. The number of fused-ring (bicyclic) bond motifs is 4. The number of cyclic esters (lactones) is 1. The first-order chi connectivity index (χ1) is 16.2. The predicted molar refractivity (Wildman–Crippen MR) is 122 cm³/mol. The smallest absolute Gasteiger partial charge is 0.342 e. The third kappa shape index (κ3) is 5.07. The maximum Gasteiger partial charge on any atom is 0.342 e. The SMILES string of the molecule is COCOc1cc2c(c3c1C(=O)O[C@@H](C)[C@H](C)/C=C\C(O)[C@H]1OC(C)(C)O[C@H]1C/C=C/3)OCO2. The average molecular weight is 477 g/mol. The van der Waals surface area contributed by atoms with Crippen LogP contribution in [0.1, 0.15) is 50.0 Å². The summed E-state index contributed by atoms with van der Waals surface area (Å²) in [6, 6.07) is 1.61. The van der Waals surface area contributed by atoms with Gasteiger partial charge in [0.1, 0.15) is 29.6 Å². The van der Waals surface area contributed by atoms with Gasteiger partial charge in [0.15, 0.2) is 24.1 Å². The lowest BCUT2D eigenvalue weighted by Crippen LogP contribution is -2.34. The fraction of sp³-hybridized carbons (Fsp3) is 0.560. The lowest BCUT2D eigenvalue weighted by atomic mass is 9.98. The molecule has 1 fully saturated rings. The van der Waals surface area contributed by atoms with E-state index >= 15 is 0 Å². The molecular formula is C25H32O9. The molecular weight excluding hydrogens is 444 g/mol. The van der Waals surface area contributed by atoms with Crippen LogP contribution in [0.2, 0.25) is 0 Å². The molecule has 34 heavy (non-hydrogen) atoms. The van der Waals surface area contributed by atoms with Gasteiger partial charge in [0.25, 0.3) is 0 Å². The van der Waals surface area contributed by atoms with Crippen molar-refractivity contribution < 1.29 is 43.1 Å². The third-order valence-electron chi connectivity index (χ3n) is 6.06. The summed E-state index contributed by atoms with van der Waals surface area (Å²) in [6.45, 7) is 7.31. The van der Waals surface area contributed by atoms with Crippen molar-refractivity contribution in [3.63, 3.8) is 0 Å². The molecule has 9 heteroatoms. The number of aliphatic hydroxyl groups is 1. The molecule has 3 heterocycles. The molecule has 3 aliphatic rings. The number of ether oxygens (including phenoxy) is 7. The number of benzene rings is 1. The van der Waals surface area contributed by atoms with Gasteiger partial charge in [-0.15, -0.1) is 0 Å². The van der Waals surface area contributed by atoms with Crippen LogP contribution in [0.25, 0.3) is 6.08 Å². The predicted octanol–water partition coefficient (Wildman–Crippen LogP) is 3.43. The minimum Gasteiger partial charge on any atom is -0.466 e. The number of aliphatic hydroxyl groups excluding tert-OH is 1. The summed E-state index contributed by atoms with van der Waals surface area (Å²) in [7, 11) is 1.50. The van der Waals surface area contributed by atoms with Gasteiger partial charge in [-0.05, 0) is 27.2 Å². The van der Waals surface area contributed by atoms with E-state index in [9.17, 15) is 9.90 Å². The van der Waals surface area contributed by atoms with E-state index in [0.717, 1.165) is 0 Å². The fourth-order valence-electron chi connectivity index (χ4n) is 4.19. The normalized spacial score (nSPS) is 32.2. The van der Waals surface area contributed by atoms with Gasteiger partial charge >= 0.3 is 5.97 Å². The zero-order chi connectivity index (χ0) is 24.5. The van der Waals surface area contributed by atoms with Crippen LogP contribution in [0.15, 0.2) is 24.3 Å². The van der Waals surface area contributed by atoms with Gasteiger partial charge in [-0.2, -0.15) is 0 Å². The maximum atomic E-state index is 13.4. The second-order valence-corrected chi connectivity index (χ2v) is 9.07. The van der Waals surface area contributed by atoms with Crippen LogP contribution in [0, 0.1) is 5.92 Å². The van der Waals surface area contributed by atoms with Crippen molar-refractivity contribution in [3.05, 3.63) is 35.4 Å². The van der Waals surface area contributed by atoms with Gasteiger partial charge in [0.2, 0.25) is 6.79 Å². The third-order valence-corrected chi connectivity index (χ3v) is 6.06. The van der Waals surface area contributed by atoms with Crippen LogP contribution in [-0.2, 0) is 18.9 Å². The Hall–Kier alpha value is -2.59. The Balaban J connectivity index is 1.79. The molecule has 1 unspecified atom stereocenters. The van der Waals surface area contributed by atoms with Crippen molar-refractivity contribution >= 4 is 12.0 Å². The van der Waals surface area contributed by atoms with Crippen LogP contribution in [0.5, 0.6) is 17.2 Å².